The van der Waals surface area contributed by atoms with Crippen LogP contribution >= 0.6 is 0 Å². The molecule has 2 aromatic rings. The summed E-state index contributed by atoms with van der Waals surface area (Å²) in [5.74, 6) is -2.49. The van der Waals surface area contributed by atoms with Gasteiger partial charge in [-0.25, -0.2) is 4.79 Å². The molecule has 10 atom stereocenters. The molecular weight excluding hydrogens is 799 g/mol. The van der Waals surface area contributed by atoms with Crippen LogP contribution in [0.1, 0.15) is 65.5 Å². The average Bonchev–Trinajstić information content (AvgIpc) is 3.20. The number of Topliss-reactive ketones (excluding diaryl/α,β-unsaturated/α-hetero) is 1. The molecule has 0 aliphatic carbocycles. The zero-order valence-electron chi connectivity index (χ0n) is 35.8. The highest BCUT2D eigenvalue weighted by atomic mass is 28.4. The molecule has 0 spiro atoms. The molecule has 330 valence electrons. The smallest absolute Gasteiger partial charge is 0.337 e. The van der Waals surface area contributed by atoms with Crippen LogP contribution in [-0.4, -0.2) is 112 Å². The minimum Gasteiger partial charge on any atom is -0.467 e. The van der Waals surface area contributed by atoms with Gasteiger partial charge in [0.2, 0.25) is 0 Å². The fraction of sp³-hybridized carbons (Fsp3) is 0.619. The Bertz CT molecular complexity index is 1780. The number of hydrogen-bond donors (Lipinski definition) is 1. The van der Waals surface area contributed by atoms with Gasteiger partial charge in [0.1, 0.15) is 49.0 Å². The fourth-order valence-corrected chi connectivity index (χ4v) is 9.23. The van der Waals surface area contributed by atoms with E-state index in [9.17, 15) is 29.8 Å². The van der Waals surface area contributed by atoms with E-state index in [0.717, 1.165) is 19.6 Å². The zero-order valence-corrected chi connectivity index (χ0v) is 36.8. The second kappa shape index (κ2) is 22.0. The molecule has 2 aromatic carbocycles. The number of esters is 3. The summed E-state index contributed by atoms with van der Waals surface area (Å²) < 4.78 is 55.4. The van der Waals surface area contributed by atoms with E-state index in [1.54, 1.807) is 24.3 Å². The summed E-state index contributed by atoms with van der Waals surface area (Å²) >= 11 is 0. The summed E-state index contributed by atoms with van der Waals surface area (Å²) in [6.07, 6.45) is -13.4. The molecule has 2 fully saturated rings. The van der Waals surface area contributed by atoms with E-state index in [4.69, 9.17) is 42.3 Å². The second-order valence-corrected chi connectivity index (χ2v) is 20.8. The van der Waals surface area contributed by atoms with E-state index in [1.807, 2.05) is 49.5 Å². The van der Waals surface area contributed by atoms with Crippen molar-refractivity contribution >= 4 is 32.0 Å². The molecule has 0 bridgehead atoms. The Labute approximate surface area is 352 Å². The quantitative estimate of drug-likeness (QED) is 0.0421. The second-order valence-electron chi connectivity index (χ2n) is 16.3. The first-order chi connectivity index (χ1) is 28.4. The lowest BCUT2D eigenvalue weighted by molar-refractivity contribution is -0.346. The van der Waals surface area contributed by atoms with Gasteiger partial charge in [-0.3, -0.25) is 9.59 Å². The summed E-state index contributed by atoms with van der Waals surface area (Å²) in [4.78, 5) is 53.7. The van der Waals surface area contributed by atoms with Crippen LogP contribution in [0.2, 0.25) is 18.1 Å². The largest absolute Gasteiger partial charge is 0.467 e. The van der Waals surface area contributed by atoms with Crippen molar-refractivity contribution in [3.8, 4) is 0 Å². The van der Waals surface area contributed by atoms with Gasteiger partial charge in [-0.05, 0) is 47.6 Å². The van der Waals surface area contributed by atoms with Crippen molar-refractivity contribution in [3.63, 3.8) is 0 Å². The van der Waals surface area contributed by atoms with E-state index < -0.39 is 94.2 Å². The van der Waals surface area contributed by atoms with Crippen molar-refractivity contribution < 1.29 is 66.6 Å². The third-order valence-electron chi connectivity index (χ3n) is 11.4. The van der Waals surface area contributed by atoms with Crippen molar-refractivity contribution in [1.29, 1.82) is 0 Å². The Hall–Kier alpha value is -4.23. The highest BCUT2D eigenvalue weighted by molar-refractivity contribution is 6.74. The Morgan fingerprint density at radius 2 is 1.45 bits per heavy atom. The van der Waals surface area contributed by atoms with Crippen molar-refractivity contribution in [2.45, 2.75) is 147 Å². The summed E-state index contributed by atoms with van der Waals surface area (Å²) in [7, 11) is -1.66. The van der Waals surface area contributed by atoms with E-state index >= 15 is 0 Å². The number of methoxy groups -OCH3 is 1. The Morgan fingerprint density at radius 1 is 0.867 bits per heavy atom. The van der Waals surface area contributed by atoms with Gasteiger partial charge in [0, 0.05) is 18.3 Å². The number of hydrogen-bond acceptors (Lipinski definition) is 15. The van der Waals surface area contributed by atoms with Crippen molar-refractivity contribution in [2.75, 3.05) is 13.7 Å². The number of aliphatic hydroxyl groups is 1. The number of benzene rings is 2. The molecule has 2 heterocycles. The van der Waals surface area contributed by atoms with Crippen LogP contribution < -0.4 is 0 Å². The fourth-order valence-electron chi connectivity index (χ4n) is 6.76. The normalized spacial score (nSPS) is 27.1. The molecule has 0 aromatic heterocycles. The molecule has 60 heavy (non-hydrogen) atoms. The lowest BCUT2D eigenvalue weighted by Crippen LogP contribution is -2.67. The summed E-state index contributed by atoms with van der Waals surface area (Å²) in [6, 6.07) is 16.9. The number of nitrogens with zero attached hydrogens (tertiary/aromatic N) is 3. The van der Waals surface area contributed by atoms with E-state index in [2.05, 4.69) is 37.7 Å². The monoisotopic (exact) mass is 857 g/mol. The average molecular weight is 858 g/mol. The lowest BCUT2D eigenvalue weighted by Gasteiger charge is -2.51. The topological polar surface area (TPSA) is 220 Å². The SMILES string of the molecule is COC(=O)[C@H]1O[C@@H](O[C@H]2[C@H](OCc3ccccc3)[C@@H](N=[N+]=[N-])[C@H](O[Si](C)(C)C(C)(C)C(C)C)O[C@@H]2COC(=O)CCC(C)=O)[C@H](OC(C)=O)[C@@H](OCc2ccccc2)[C@@H]1O. The number of ketones is 1. The highest BCUT2D eigenvalue weighted by Crippen LogP contribution is 2.46. The van der Waals surface area contributed by atoms with Crippen LogP contribution in [0.15, 0.2) is 65.8 Å². The number of rotatable bonds is 20. The Kier molecular flexibility index (Phi) is 17.8. The first kappa shape index (κ1) is 48.4. The Morgan fingerprint density at radius 3 is 1.97 bits per heavy atom. The van der Waals surface area contributed by atoms with Crippen LogP contribution in [0.4, 0.5) is 0 Å². The van der Waals surface area contributed by atoms with Gasteiger partial charge in [0.05, 0.1) is 26.7 Å². The van der Waals surface area contributed by atoms with E-state index in [1.165, 1.54) is 6.92 Å². The molecule has 1 N–H and O–H groups in total. The van der Waals surface area contributed by atoms with Crippen LogP contribution in [-0.2, 0) is 74.7 Å². The molecule has 17 nitrogen and oxygen atoms in total. The van der Waals surface area contributed by atoms with Crippen molar-refractivity contribution in [1.82, 2.24) is 0 Å². The first-order valence-electron chi connectivity index (χ1n) is 20.0. The van der Waals surface area contributed by atoms with Crippen LogP contribution in [0.3, 0.4) is 0 Å². The molecule has 0 saturated carbocycles. The minimum atomic E-state index is -2.77. The standard InChI is InChI=1S/C42H59N3O14Si/c1-25(2)42(5,6)60(8,9)59-40-32(44-45-43)35(53-22-28-16-12-10-13-17-28)34(30(56-40)24-52-31(48)21-20-26(3)46)57-41-38(55-27(4)47)36(33(49)37(58-41)39(50)51-7)54-23-29-18-14-11-15-19-29/h10-19,25,30,32-38,40-41,49H,20-24H2,1-9H3/t30-,32-,33+,34-,35-,36+,37+,38-,40+,41-/m1/s1. The molecule has 0 radical (unpaired) electrons. The minimum absolute atomic E-state index is 0.0236. The maximum atomic E-state index is 13.2. The predicted molar refractivity (Wildman–Crippen MR) is 217 cm³/mol. The summed E-state index contributed by atoms with van der Waals surface area (Å²) in [5.41, 5.74) is 11.5. The molecule has 2 aliphatic rings. The van der Waals surface area contributed by atoms with Crippen LogP contribution in [0.5, 0.6) is 0 Å². The number of ether oxygens (including phenoxy) is 8. The van der Waals surface area contributed by atoms with Gasteiger partial charge < -0.3 is 52.2 Å². The number of azide groups is 1. The summed E-state index contributed by atoms with van der Waals surface area (Å²) in [6.45, 7) is 14.4. The number of carbonyl (C=O) groups excluding carboxylic acids is 4. The number of carbonyl (C=O) groups is 4. The van der Waals surface area contributed by atoms with Crippen molar-refractivity contribution in [3.05, 3.63) is 82.2 Å². The van der Waals surface area contributed by atoms with Gasteiger partial charge >= 0.3 is 17.9 Å². The molecular formula is C42H59N3O14Si. The van der Waals surface area contributed by atoms with Crippen LogP contribution in [0, 0.1) is 5.92 Å². The van der Waals surface area contributed by atoms with Gasteiger partial charge in [-0.1, -0.05) is 93.5 Å². The van der Waals surface area contributed by atoms with Crippen LogP contribution in [0.25, 0.3) is 10.4 Å². The maximum absolute atomic E-state index is 13.2. The maximum Gasteiger partial charge on any atom is 0.337 e. The van der Waals surface area contributed by atoms with Gasteiger partial charge in [0.25, 0.3) is 0 Å². The third kappa shape index (κ3) is 12.7. The Balaban J connectivity index is 1.85. The molecule has 2 aliphatic heterocycles. The lowest BCUT2D eigenvalue weighted by atomic mass is 9.95. The number of aliphatic hydroxyl groups excluding tert-OH is 1. The van der Waals surface area contributed by atoms with Gasteiger partial charge in [0.15, 0.2) is 33.1 Å². The van der Waals surface area contributed by atoms with Crippen molar-refractivity contribution in [2.24, 2.45) is 11.0 Å². The van der Waals surface area contributed by atoms with Gasteiger partial charge in [-0.15, -0.1) is 0 Å². The third-order valence-corrected chi connectivity index (χ3v) is 15.9. The summed E-state index contributed by atoms with van der Waals surface area (Å²) in [5, 5.41) is 15.3. The molecule has 0 amide bonds. The van der Waals surface area contributed by atoms with Gasteiger partial charge in [-0.2, -0.15) is 0 Å². The zero-order chi connectivity index (χ0) is 44.2. The molecule has 0 unspecified atom stereocenters. The first-order valence-corrected chi connectivity index (χ1v) is 22.9. The van der Waals surface area contributed by atoms with E-state index in [0.29, 0.717) is 5.56 Å². The molecule has 2 saturated heterocycles. The molecule has 18 heteroatoms. The van der Waals surface area contributed by atoms with E-state index in [-0.39, 0.29) is 42.8 Å². The highest BCUT2D eigenvalue weighted by Gasteiger charge is 2.57. The predicted octanol–water partition coefficient (Wildman–Crippen LogP) is 5.71. The molecule has 4 rings (SSSR count).